The van der Waals surface area contributed by atoms with E-state index in [1.807, 2.05) is 0 Å². The van der Waals surface area contributed by atoms with E-state index < -0.39 is 97.5 Å². The van der Waals surface area contributed by atoms with E-state index in [-0.39, 0.29) is 25.7 Å². The summed E-state index contributed by atoms with van der Waals surface area (Å²) < 4.78 is 67.9. The third-order valence-corrected chi connectivity index (χ3v) is 17.1. The van der Waals surface area contributed by atoms with E-state index in [1.54, 1.807) is 0 Å². The fourth-order valence-corrected chi connectivity index (χ4v) is 11.5. The first-order valence-electron chi connectivity index (χ1n) is 34.5. The van der Waals surface area contributed by atoms with Crippen LogP contribution in [0.1, 0.15) is 330 Å². The van der Waals surface area contributed by atoms with E-state index in [0.29, 0.717) is 31.6 Å². The molecule has 85 heavy (non-hydrogen) atoms. The number of ether oxygens (including phenoxy) is 4. The van der Waals surface area contributed by atoms with Gasteiger partial charge in [0.1, 0.15) is 19.3 Å². The number of hydrogen-bond acceptors (Lipinski definition) is 15. The summed E-state index contributed by atoms with van der Waals surface area (Å²) in [5.41, 5.74) is 0. The lowest BCUT2D eigenvalue weighted by Crippen LogP contribution is -2.30. The molecule has 0 aliphatic heterocycles. The van der Waals surface area contributed by atoms with Crippen molar-refractivity contribution < 1.29 is 80.2 Å². The standard InChI is InChI=1S/C66H128O17P2/c1-7-9-11-13-14-15-16-17-18-21-24-27-30-37-43-49-64(69)77-55-62(82-65(70)50-44-38-31-28-25-22-19-20-23-26-29-35-40-46-58(3)4)57-81-85(74,75)79-53-60(67)52-78-84(72,73)80-56-61(54-76-63(68)48-42-34-12-10-8-2)83-66(71)51-45-39-33-32-36-41-47-59(5)6/h58-62,67H,7-57H2,1-6H3,(H,72,73)(H,74,75)/t60-,61+,62+/m0/s1. The molecule has 0 aromatic heterocycles. The van der Waals surface area contributed by atoms with Crippen LogP contribution in [0.3, 0.4) is 0 Å². The van der Waals surface area contributed by atoms with Gasteiger partial charge in [0, 0.05) is 25.7 Å². The molecular weight excluding hydrogens is 1130 g/mol. The van der Waals surface area contributed by atoms with Gasteiger partial charge < -0.3 is 33.8 Å². The summed E-state index contributed by atoms with van der Waals surface area (Å²) in [5, 5.41) is 10.5. The maximum atomic E-state index is 13.0. The highest BCUT2D eigenvalue weighted by Crippen LogP contribution is 2.45. The van der Waals surface area contributed by atoms with Crippen LogP contribution in [-0.2, 0) is 65.4 Å². The van der Waals surface area contributed by atoms with Crippen LogP contribution in [0, 0.1) is 11.8 Å². The first kappa shape index (κ1) is 83.1. The quantitative estimate of drug-likeness (QED) is 0.0222. The first-order chi connectivity index (χ1) is 40.9. The summed E-state index contributed by atoms with van der Waals surface area (Å²) in [6.07, 6.45) is 42.2. The summed E-state index contributed by atoms with van der Waals surface area (Å²) in [5.74, 6) is -0.688. The highest BCUT2D eigenvalue weighted by molar-refractivity contribution is 7.47. The molecule has 0 saturated heterocycles. The molecule has 0 aromatic rings. The smallest absolute Gasteiger partial charge is 0.462 e. The summed E-state index contributed by atoms with van der Waals surface area (Å²) in [6.45, 7) is 9.35. The molecule has 0 aromatic carbocycles. The molecule has 5 atom stereocenters. The van der Waals surface area contributed by atoms with Crippen molar-refractivity contribution in [3.8, 4) is 0 Å². The van der Waals surface area contributed by atoms with Crippen LogP contribution in [0.15, 0.2) is 0 Å². The highest BCUT2D eigenvalue weighted by atomic mass is 31.2. The van der Waals surface area contributed by atoms with Crippen molar-refractivity contribution in [2.24, 2.45) is 11.8 Å². The summed E-state index contributed by atoms with van der Waals surface area (Å²) in [6, 6.07) is 0. The number of rotatable bonds is 65. The zero-order chi connectivity index (χ0) is 62.9. The Labute approximate surface area is 517 Å². The van der Waals surface area contributed by atoms with Crippen molar-refractivity contribution in [2.45, 2.75) is 349 Å². The minimum atomic E-state index is -4.95. The Balaban J connectivity index is 5.16. The van der Waals surface area contributed by atoms with Crippen molar-refractivity contribution in [1.82, 2.24) is 0 Å². The zero-order valence-corrected chi connectivity index (χ0v) is 56.7. The van der Waals surface area contributed by atoms with Gasteiger partial charge >= 0.3 is 39.5 Å². The average molecular weight is 1260 g/mol. The second kappa shape index (κ2) is 58.4. The Bertz CT molecular complexity index is 1670. The molecule has 0 spiro atoms. The van der Waals surface area contributed by atoms with Crippen molar-refractivity contribution in [2.75, 3.05) is 39.6 Å². The lowest BCUT2D eigenvalue weighted by molar-refractivity contribution is -0.161. The monoisotopic (exact) mass is 1250 g/mol. The van der Waals surface area contributed by atoms with Crippen molar-refractivity contribution in [3.63, 3.8) is 0 Å². The van der Waals surface area contributed by atoms with E-state index >= 15 is 0 Å². The molecule has 0 aliphatic rings. The van der Waals surface area contributed by atoms with Crippen molar-refractivity contribution >= 4 is 39.5 Å². The third kappa shape index (κ3) is 60.7. The van der Waals surface area contributed by atoms with Gasteiger partial charge in [-0.25, -0.2) is 9.13 Å². The highest BCUT2D eigenvalue weighted by Gasteiger charge is 2.30. The van der Waals surface area contributed by atoms with Gasteiger partial charge in [-0.3, -0.25) is 37.3 Å². The van der Waals surface area contributed by atoms with Crippen molar-refractivity contribution in [1.29, 1.82) is 0 Å². The molecule has 0 fully saturated rings. The minimum absolute atomic E-state index is 0.101. The first-order valence-corrected chi connectivity index (χ1v) is 37.5. The maximum Gasteiger partial charge on any atom is 0.472 e. The molecule has 0 radical (unpaired) electrons. The summed E-state index contributed by atoms with van der Waals surface area (Å²) >= 11 is 0. The molecule has 504 valence electrons. The molecule has 2 unspecified atom stereocenters. The van der Waals surface area contributed by atoms with Crippen LogP contribution in [0.25, 0.3) is 0 Å². The number of aliphatic hydroxyl groups excluding tert-OH is 1. The zero-order valence-electron chi connectivity index (χ0n) is 54.9. The summed E-state index contributed by atoms with van der Waals surface area (Å²) in [7, 11) is -9.88. The summed E-state index contributed by atoms with van der Waals surface area (Å²) in [4.78, 5) is 72.0. The lowest BCUT2D eigenvalue weighted by Gasteiger charge is -2.21. The number of esters is 4. The van der Waals surface area contributed by atoms with Gasteiger partial charge in [0.2, 0.25) is 0 Å². The molecule has 0 amide bonds. The fourth-order valence-electron chi connectivity index (χ4n) is 9.88. The molecular formula is C66H128O17P2. The number of carbonyl (C=O) groups is 4. The van der Waals surface area contributed by atoms with E-state index in [9.17, 15) is 43.2 Å². The maximum absolute atomic E-state index is 13.0. The number of hydrogen-bond donors (Lipinski definition) is 3. The van der Waals surface area contributed by atoms with Gasteiger partial charge in [0.25, 0.3) is 0 Å². The second-order valence-electron chi connectivity index (χ2n) is 24.8. The minimum Gasteiger partial charge on any atom is -0.462 e. The normalized spacial score (nSPS) is 14.2. The van der Waals surface area contributed by atoms with Crippen LogP contribution in [0.2, 0.25) is 0 Å². The lowest BCUT2D eigenvalue weighted by atomic mass is 10.0. The van der Waals surface area contributed by atoms with Crippen LogP contribution in [0.4, 0.5) is 0 Å². The van der Waals surface area contributed by atoms with Gasteiger partial charge in [-0.1, -0.05) is 279 Å². The van der Waals surface area contributed by atoms with E-state index in [2.05, 4.69) is 41.5 Å². The van der Waals surface area contributed by atoms with Gasteiger partial charge in [-0.2, -0.15) is 0 Å². The van der Waals surface area contributed by atoms with E-state index in [0.717, 1.165) is 102 Å². The van der Waals surface area contributed by atoms with Crippen LogP contribution in [0.5, 0.6) is 0 Å². The molecule has 19 heteroatoms. The number of phosphoric acid groups is 2. The Hall–Kier alpha value is -1.94. The Morgan fingerprint density at radius 1 is 0.318 bits per heavy atom. The molecule has 3 N–H and O–H groups in total. The van der Waals surface area contributed by atoms with Crippen molar-refractivity contribution in [3.05, 3.63) is 0 Å². The predicted octanol–water partition coefficient (Wildman–Crippen LogP) is 18.4. The third-order valence-electron chi connectivity index (χ3n) is 15.2. The molecule has 0 rings (SSSR count). The Morgan fingerprint density at radius 2 is 0.541 bits per heavy atom. The van der Waals surface area contributed by atoms with Crippen LogP contribution in [-0.4, -0.2) is 96.7 Å². The Kier molecular flexibility index (Phi) is 57.1. The van der Waals surface area contributed by atoms with E-state index in [1.165, 1.54) is 141 Å². The van der Waals surface area contributed by atoms with Gasteiger partial charge in [0.15, 0.2) is 12.2 Å². The number of carbonyl (C=O) groups excluding carboxylic acids is 4. The number of unbranched alkanes of at least 4 members (excludes halogenated alkanes) is 35. The second-order valence-corrected chi connectivity index (χ2v) is 27.7. The molecule has 0 saturated carbocycles. The Morgan fingerprint density at radius 3 is 0.800 bits per heavy atom. The van der Waals surface area contributed by atoms with Crippen LogP contribution >= 0.6 is 15.6 Å². The largest absolute Gasteiger partial charge is 0.472 e. The molecule has 0 heterocycles. The average Bonchev–Trinajstić information content (AvgIpc) is 3.52. The fraction of sp³-hybridized carbons (Fsp3) is 0.939. The SMILES string of the molecule is CCCCCCCCCCCCCCCCCC(=O)OC[C@H](COP(=O)(O)OC[C@@H](O)COP(=O)(O)OC[C@@H](COC(=O)CCCCCCC)OC(=O)CCCCCCCCC(C)C)OC(=O)CCCCCCCCCCCCCCCC(C)C. The topological polar surface area (TPSA) is 237 Å². The van der Waals surface area contributed by atoms with Gasteiger partial charge in [0.05, 0.1) is 26.4 Å². The van der Waals surface area contributed by atoms with Gasteiger partial charge in [-0.05, 0) is 37.5 Å². The van der Waals surface area contributed by atoms with Gasteiger partial charge in [-0.15, -0.1) is 0 Å². The predicted molar refractivity (Wildman–Crippen MR) is 340 cm³/mol. The number of aliphatic hydroxyl groups is 1. The number of phosphoric ester groups is 2. The molecule has 17 nitrogen and oxygen atoms in total. The molecule has 0 aliphatic carbocycles. The van der Waals surface area contributed by atoms with Crippen LogP contribution < -0.4 is 0 Å². The molecule has 0 bridgehead atoms. The van der Waals surface area contributed by atoms with E-state index in [4.69, 9.17) is 37.0 Å².